The van der Waals surface area contributed by atoms with Crippen LogP contribution in [-0.4, -0.2) is 27.3 Å². The Hall–Kier alpha value is -4.26. The first-order valence-electron chi connectivity index (χ1n) is 10.6. The number of ether oxygens (including phenoxy) is 1. The highest BCUT2D eigenvalue weighted by Crippen LogP contribution is 2.26. The SMILES string of the molecule is Cc1cc(NC(=O)COc2nn(Cc3ccc(F)cc3)c3ccccc23)c2ccccc2n1. The second kappa shape index (κ2) is 8.70. The molecule has 33 heavy (non-hydrogen) atoms. The highest BCUT2D eigenvalue weighted by Gasteiger charge is 2.14. The van der Waals surface area contributed by atoms with Crippen LogP contribution in [0.2, 0.25) is 0 Å². The minimum atomic E-state index is -0.289. The van der Waals surface area contributed by atoms with E-state index in [4.69, 9.17) is 4.74 Å². The van der Waals surface area contributed by atoms with Gasteiger partial charge in [-0.15, -0.1) is 5.10 Å². The Morgan fingerprint density at radius 2 is 1.73 bits per heavy atom. The maximum absolute atomic E-state index is 13.2. The Kier molecular flexibility index (Phi) is 5.44. The Labute approximate surface area is 189 Å². The monoisotopic (exact) mass is 440 g/mol. The number of fused-ring (bicyclic) bond motifs is 2. The lowest BCUT2D eigenvalue weighted by atomic mass is 10.1. The average molecular weight is 440 g/mol. The van der Waals surface area contributed by atoms with E-state index in [-0.39, 0.29) is 18.3 Å². The first-order chi connectivity index (χ1) is 16.1. The number of carbonyl (C=O) groups is 1. The molecule has 0 fully saturated rings. The molecule has 7 heteroatoms. The molecule has 0 aliphatic carbocycles. The highest BCUT2D eigenvalue weighted by atomic mass is 19.1. The number of benzene rings is 3. The van der Waals surface area contributed by atoms with E-state index in [9.17, 15) is 9.18 Å². The van der Waals surface area contributed by atoms with Crippen LogP contribution in [0.3, 0.4) is 0 Å². The third kappa shape index (κ3) is 4.39. The van der Waals surface area contributed by atoms with Crippen molar-refractivity contribution in [2.24, 2.45) is 0 Å². The summed E-state index contributed by atoms with van der Waals surface area (Å²) in [5.74, 6) is -0.196. The standard InChI is InChI=1S/C26H21FN4O2/c1-17-14-23(20-6-2-4-8-22(20)28-17)29-25(32)16-33-26-21-7-3-5-9-24(21)31(30-26)15-18-10-12-19(27)13-11-18/h2-14H,15-16H2,1H3,(H,28,29,32). The molecular formula is C26H21FN4O2. The third-order valence-electron chi connectivity index (χ3n) is 5.33. The van der Waals surface area contributed by atoms with Crippen LogP contribution in [0.15, 0.2) is 78.9 Å². The van der Waals surface area contributed by atoms with Gasteiger partial charge >= 0.3 is 0 Å². The highest BCUT2D eigenvalue weighted by molar-refractivity contribution is 6.01. The summed E-state index contributed by atoms with van der Waals surface area (Å²) in [6.07, 6.45) is 0. The molecule has 0 saturated heterocycles. The summed E-state index contributed by atoms with van der Waals surface area (Å²) in [6, 6.07) is 23.4. The fraction of sp³-hybridized carbons (Fsp3) is 0.115. The molecule has 0 radical (unpaired) electrons. The zero-order valence-corrected chi connectivity index (χ0v) is 18.0. The Balaban J connectivity index is 1.35. The lowest BCUT2D eigenvalue weighted by molar-refractivity contribution is -0.118. The molecule has 1 N–H and O–H groups in total. The Bertz CT molecular complexity index is 1460. The second-order valence-corrected chi connectivity index (χ2v) is 7.77. The minimum Gasteiger partial charge on any atom is -0.466 e. The lowest BCUT2D eigenvalue weighted by Gasteiger charge is -2.10. The van der Waals surface area contributed by atoms with Gasteiger partial charge < -0.3 is 10.1 Å². The summed E-state index contributed by atoms with van der Waals surface area (Å²) >= 11 is 0. The van der Waals surface area contributed by atoms with E-state index in [1.54, 1.807) is 16.8 Å². The molecule has 5 aromatic rings. The molecule has 2 heterocycles. The van der Waals surface area contributed by atoms with Crippen LogP contribution >= 0.6 is 0 Å². The molecule has 0 atom stereocenters. The summed E-state index contributed by atoms with van der Waals surface area (Å²) < 4.78 is 20.8. The van der Waals surface area contributed by atoms with E-state index in [0.717, 1.165) is 33.1 Å². The Morgan fingerprint density at radius 1 is 1.00 bits per heavy atom. The molecule has 0 saturated carbocycles. The molecule has 0 bridgehead atoms. The third-order valence-corrected chi connectivity index (χ3v) is 5.33. The number of aromatic nitrogens is 3. The van der Waals surface area contributed by atoms with Gasteiger partial charge in [0.2, 0.25) is 5.88 Å². The van der Waals surface area contributed by atoms with Crippen LogP contribution in [0.5, 0.6) is 5.88 Å². The molecule has 6 nitrogen and oxygen atoms in total. The molecule has 3 aromatic carbocycles. The van der Waals surface area contributed by atoms with Gasteiger partial charge in [0.15, 0.2) is 6.61 Å². The molecule has 164 valence electrons. The number of pyridine rings is 1. The minimum absolute atomic E-state index is 0.187. The van der Waals surface area contributed by atoms with Gasteiger partial charge in [0.05, 0.1) is 28.7 Å². The summed E-state index contributed by atoms with van der Waals surface area (Å²) in [5.41, 5.74) is 4.11. The van der Waals surface area contributed by atoms with Crippen LogP contribution < -0.4 is 10.1 Å². The molecule has 0 aliphatic rings. The number of amides is 1. The van der Waals surface area contributed by atoms with Gasteiger partial charge in [-0.1, -0.05) is 42.5 Å². The predicted octanol–water partition coefficient (Wildman–Crippen LogP) is 5.10. The van der Waals surface area contributed by atoms with Crippen LogP contribution in [0.4, 0.5) is 10.1 Å². The normalized spacial score (nSPS) is 11.1. The molecule has 0 spiro atoms. The van der Waals surface area contributed by atoms with Gasteiger partial charge in [0, 0.05) is 11.1 Å². The van der Waals surface area contributed by atoms with Crippen molar-refractivity contribution >= 4 is 33.4 Å². The number of nitrogens with one attached hydrogen (secondary N) is 1. The lowest BCUT2D eigenvalue weighted by Crippen LogP contribution is -2.20. The number of para-hydroxylation sites is 2. The average Bonchev–Trinajstić information content (AvgIpc) is 3.16. The van der Waals surface area contributed by atoms with Crippen molar-refractivity contribution < 1.29 is 13.9 Å². The van der Waals surface area contributed by atoms with E-state index in [2.05, 4.69) is 15.4 Å². The fourth-order valence-electron chi connectivity index (χ4n) is 3.82. The molecular weight excluding hydrogens is 419 g/mol. The maximum Gasteiger partial charge on any atom is 0.262 e. The number of carbonyl (C=O) groups excluding carboxylic acids is 1. The van der Waals surface area contributed by atoms with Crippen LogP contribution in [0, 0.1) is 12.7 Å². The number of anilines is 1. The zero-order valence-electron chi connectivity index (χ0n) is 18.0. The number of rotatable bonds is 6. The van der Waals surface area contributed by atoms with Crippen molar-refractivity contribution in [2.45, 2.75) is 13.5 Å². The van der Waals surface area contributed by atoms with Gasteiger partial charge in [-0.05, 0) is 48.9 Å². The van der Waals surface area contributed by atoms with Crippen LogP contribution in [-0.2, 0) is 11.3 Å². The van der Waals surface area contributed by atoms with E-state index >= 15 is 0 Å². The first-order valence-corrected chi connectivity index (χ1v) is 10.6. The number of hydrogen-bond acceptors (Lipinski definition) is 4. The molecule has 0 aliphatic heterocycles. The van der Waals surface area contributed by atoms with E-state index < -0.39 is 0 Å². The van der Waals surface area contributed by atoms with Crippen molar-refractivity contribution in [1.82, 2.24) is 14.8 Å². The molecule has 0 unspecified atom stereocenters. The van der Waals surface area contributed by atoms with E-state index in [0.29, 0.717) is 18.1 Å². The van der Waals surface area contributed by atoms with Crippen molar-refractivity contribution in [1.29, 1.82) is 0 Å². The summed E-state index contributed by atoms with van der Waals surface area (Å²) in [4.78, 5) is 17.2. The largest absolute Gasteiger partial charge is 0.466 e. The van der Waals surface area contributed by atoms with Gasteiger partial charge in [-0.25, -0.2) is 4.39 Å². The van der Waals surface area contributed by atoms with Gasteiger partial charge in [-0.3, -0.25) is 14.5 Å². The first kappa shape index (κ1) is 20.6. The van der Waals surface area contributed by atoms with Crippen LogP contribution in [0.25, 0.3) is 21.8 Å². The summed E-state index contributed by atoms with van der Waals surface area (Å²) in [6.45, 7) is 2.16. The van der Waals surface area contributed by atoms with Crippen molar-refractivity contribution in [3.8, 4) is 5.88 Å². The van der Waals surface area contributed by atoms with E-state index in [1.165, 1.54) is 12.1 Å². The van der Waals surface area contributed by atoms with E-state index in [1.807, 2.05) is 61.5 Å². The second-order valence-electron chi connectivity index (χ2n) is 7.77. The maximum atomic E-state index is 13.2. The number of halogens is 1. The molecule has 5 rings (SSSR count). The predicted molar refractivity (Wildman–Crippen MR) is 126 cm³/mol. The quantitative estimate of drug-likeness (QED) is 0.399. The molecule has 1 amide bonds. The fourth-order valence-corrected chi connectivity index (χ4v) is 3.82. The topological polar surface area (TPSA) is 69.0 Å². The summed E-state index contributed by atoms with van der Waals surface area (Å²) in [7, 11) is 0. The van der Waals surface area contributed by atoms with Crippen molar-refractivity contribution in [3.05, 3.63) is 95.9 Å². The number of hydrogen-bond donors (Lipinski definition) is 1. The molecule has 2 aromatic heterocycles. The Morgan fingerprint density at radius 3 is 2.55 bits per heavy atom. The summed E-state index contributed by atoms with van der Waals surface area (Å²) in [5, 5.41) is 9.15. The van der Waals surface area contributed by atoms with Crippen molar-refractivity contribution in [3.63, 3.8) is 0 Å². The van der Waals surface area contributed by atoms with Gasteiger partial charge in [0.25, 0.3) is 5.91 Å². The zero-order chi connectivity index (χ0) is 22.8. The number of nitrogens with zero attached hydrogens (tertiary/aromatic N) is 3. The van der Waals surface area contributed by atoms with Gasteiger partial charge in [0.1, 0.15) is 5.82 Å². The van der Waals surface area contributed by atoms with Gasteiger partial charge in [-0.2, -0.15) is 0 Å². The smallest absolute Gasteiger partial charge is 0.262 e. The van der Waals surface area contributed by atoms with Crippen molar-refractivity contribution in [2.75, 3.05) is 11.9 Å². The van der Waals surface area contributed by atoms with Crippen LogP contribution in [0.1, 0.15) is 11.3 Å². The number of aryl methyl sites for hydroxylation is 1.